The lowest BCUT2D eigenvalue weighted by Gasteiger charge is -2.31. The highest BCUT2D eigenvalue weighted by atomic mass is 16.1. The van der Waals surface area contributed by atoms with Crippen LogP contribution in [0.2, 0.25) is 0 Å². The molecule has 0 aromatic rings. The molecule has 0 heterocycles. The van der Waals surface area contributed by atoms with E-state index in [9.17, 15) is 4.79 Å². The molecule has 0 aromatic carbocycles. The molecule has 12 heavy (non-hydrogen) atoms. The van der Waals surface area contributed by atoms with Crippen molar-refractivity contribution in [2.24, 2.45) is 11.5 Å². The second-order valence-corrected chi connectivity index (χ2v) is 3.87. The summed E-state index contributed by atoms with van der Waals surface area (Å²) < 4.78 is 0. The molecule has 0 aliphatic carbocycles. The monoisotopic (exact) mass is 172 g/mol. The van der Waals surface area contributed by atoms with Crippen molar-refractivity contribution in [3.05, 3.63) is 0 Å². The van der Waals surface area contributed by atoms with Crippen molar-refractivity contribution < 1.29 is 4.79 Å². The number of rotatable bonds is 4. The quantitative estimate of drug-likeness (QED) is 0.659. The van der Waals surface area contributed by atoms with Gasteiger partial charge in [-0.25, -0.2) is 0 Å². The highest BCUT2D eigenvalue weighted by Gasteiger charge is 2.37. The molecule has 0 saturated carbocycles. The van der Waals surface area contributed by atoms with Gasteiger partial charge in [-0.05, 0) is 26.7 Å². The van der Waals surface area contributed by atoms with Gasteiger partial charge in [0.2, 0.25) is 0 Å². The van der Waals surface area contributed by atoms with Crippen LogP contribution in [0, 0.1) is 0 Å². The predicted octanol–water partition coefficient (Wildman–Crippen LogP) is 0.810. The molecule has 0 aliphatic rings. The summed E-state index contributed by atoms with van der Waals surface area (Å²) in [5, 5.41) is 0. The molecule has 0 spiro atoms. The van der Waals surface area contributed by atoms with Gasteiger partial charge in [-0.1, -0.05) is 13.8 Å². The van der Waals surface area contributed by atoms with Crippen molar-refractivity contribution in [1.82, 2.24) is 0 Å². The van der Waals surface area contributed by atoms with Gasteiger partial charge in [0, 0.05) is 0 Å². The Labute approximate surface area is 74.5 Å². The maximum Gasteiger partial charge on any atom is 0.171 e. The van der Waals surface area contributed by atoms with Crippen LogP contribution in [0.15, 0.2) is 0 Å². The average molecular weight is 172 g/mol. The lowest BCUT2D eigenvalue weighted by atomic mass is 9.81. The number of ketones is 1. The zero-order chi connectivity index (χ0) is 9.99. The minimum atomic E-state index is -0.778. The number of nitrogens with two attached hydrogens (primary N) is 2. The lowest BCUT2D eigenvalue weighted by molar-refractivity contribution is -0.128. The van der Waals surface area contributed by atoms with Crippen molar-refractivity contribution in [1.29, 1.82) is 0 Å². The summed E-state index contributed by atoms with van der Waals surface area (Å²) >= 11 is 0. The van der Waals surface area contributed by atoms with E-state index in [1.165, 1.54) is 0 Å². The number of Topliss-reactive ketones (excluding diaryl/α,β-unsaturated/α-hetero) is 1. The molecule has 0 amide bonds. The van der Waals surface area contributed by atoms with Crippen molar-refractivity contribution in [2.75, 3.05) is 0 Å². The first kappa shape index (κ1) is 11.6. The fraction of sp³-hybridized carbons (Fsp3) is 0.889. The third kappa shape index (κ3) is 2.29. The molecule has 3 nitrogen and oxygen atoms in total. The molecule has 4 N–H and O–H groups in total. The van der Waals surface area contributed by atoms with Gasteiger partial charge < -0.3 is 11.5 Å². The van der Waals surface area contributed by atoms with Crippen LogP contribution in [0.5, 0.6) is 0 Å². The third-order valence-electron chi connectivity index (χ3n) is 2.51. The van der Waals surface area contributed by atoms with Crippen LogP contribution in [-0.2, 0) is 4.79 Å². The maximum atomic E-state index is 11.7. The van der Waals surface area contributed by atoms with E-state index in [0.717, 1.165) is 0 Å². The Morgan fingerprint density at radius 1 is 1.08 bits per heavy atom. The van der Waals surface area contributed by atoms with Gasteiger partial charge in [0.1, 0.15) is 0 Å². The second-order valence-electron chi connectivity index (χ2n) is 3.87. The van der Waals surface area contributed by atoms with Gasteiger partial charge in [-0.3, -0.25) is 4.79 Å². The highest BCUT2D eigenvalue weighted by molar-refractivity contribution is 5.95. The zero-order valence-electron chi connectivity index (χ0n) is 8.48. The third-order valence-corrected chi connectivity index (χ3v) is 2.51. The minimum Gasteiger partial charge on any atom is -0.319 e. The van der Waals surface area contributed by atoms with E-state index in [4.69, 9.17) is 11.5 Å². The minimum absolute atomic E-state index is 0.0556. The van der Waals surface area contributed by atoms with Gasteiger partial charge >= 0.3 is 0 Å². The Kier molecular flexibility index (Phi) is 3.42. The van der Waals surface area contributed by atoms with E-state index < -0.39 is 11.1 Å². The van der Waals surface area contributed by atoms with Crippen LogP contribution in [-0.4, -0.2) is 16.9 Å². The van der Waals surface area contributed by atoms with Crippen LogP contribution >= 0.6 is 0 Å². The number of carbonyl (C=O) groups excluding carboxylic acids is 1. The maximum absolute atomic E-state index is 11.7. The summed E-state index contributed by atoms with van der Waals surface area (Å²) in [4.78, 5) is 11.7. The summed E-state index contributed by atoms with van der Waals surface area (Å²) in [6.07, 6.45) is 1.25. The molecule has 0 rings (SSSR count). The molecule has 3 heteroatoms. The molecule has 0 unspecified atom stereocenters. The molecule has 0 aliphatic heterocycles. The van der Waals surface area contributed by atoms with E-state index >= 15 is 0 Å². The van der Waals surface area contributed by atoms with Crippen molar-refractivity contribution >= 4 is 5.78 Å². The Balaban J connectivity index is 4.60. The standard InChI is InChI=1S/C9H20N2O/c1-5-8(3,10)7(12)9(4,11)6-2/h5-6,10-11H2,1-4H3/t8-,9+. The average Bonchev–Trinajstić information content (AvgIpc) is 2.03. The van der Waals surface area contributed by atoms with Crippen molar-refractivity contribution in [2.45, 2.75) is 51.6 Å². The highest BCUT2D eigenvalue weighted by Crippen LogP contribution is 2.17. The van der Waals surface area contributed by atoms with Crippen LogP contribution in [0.25, 0.3) is 0 Å². The Morgan fingerprint density at radius 3 is 1.50 bits per heavy atom. The Bertz CT molecular complexity index is 155. The lowest BCUT2D eigenvalue weighted by Crippen LogP contribution is -2.58. The van der Waals surface area contributed by atoms with Gasteiger partial charge in [-0.2, -0.15) is 0 Å². The largest absolute Gasteiger partial charge is 0.319 e. The first-order valence-corrected chi connectivity index (χ1v) is 4.40. The molecule has 0 saturated heterocycles. The predicted molar refractivity (Wildman–Crippen MR) is 50.8 cm³/mol. The normalized spacial score (nSPS) is 21.2. The molecular weight excluding hydrogens is 152 g/mol. The van der Waals surface area contributed by atoms with Gasteiger partial charge in [0.15, 0.2) is 5.78 Å². The first-order chi connectivity index (χ1) is 5.28. The molecule has 0 radical (unpaired) electrons. The Morgan fingerprint density at radius 2 is 1.33 bits per heavy atom. The van der Waals surface area contributed by atoms with Gasteiger partial charge in [0.25, 0.3) is 0 Å². The topological polar surface area (TPSA) is 69.1 Å². The summed E-state index contributed by atoms with van der Waals surface area (Å²) in [7, 11) is 0. The van der Waals surface area contributed by atoms with Crippen LogP contribution in [0.1, 0.15) is 40.5 Å². The van der Waals surface area contributed by atoms with Crippen LogP contribution in [0.3, 0.4) is 0 Å². The van der Waals surface area contributed by atoms with Crippen molar-refractivity contribution in [3.63, 3.8) is 0 Å². The van der Waals surface area contributed by atoms with E-state index in [1.54, 1.807) is 13.8 Å². The molecule has 2 atom stereocenters. The number of carbonyl (C=O) groups is 1. The fourth-order valence-corrected chi connectivity index (χ4v) is 0.973. The zero-order valence-corrected chi connectivity index (χ0v) is 8.48. The van der Waals surface area contributed by atoms with E-state index in [0.29, 0.717) is 12.8 Å². The molecular formula is C9H20N2O. The second kappa shape index (κ2) is 3.54. The van der Waals surface area contributed by atoms with E-state index in [-0.39, 0.29) is 5.78 Å². The van der Waals surface area contributed by atoms with Crippen molar-refractivity contribution in [3.8, 4) is 0 Å². The number of hydrogen-bond acceptors (Lipinski definition) is 3. The summed E-state index contributed by atoms with van der Waals surface area (Å²) in [6, 6.07) is 0. The molecule has 0 aromatic heterocycles. The van der Waals surface area contributed by atoms with Gasteiger partial charge in [0.05, 0.1) is 11.1 Å². The van der Waals surface area contributed by atoms with E-state index in [1.807, 2.05) is 13.8 Å². The SMILES string of the molecule is CC[C@](C)(N)C(=O)[C@](C)(N)CC. The molecule has 72 valence electrons. The number of hydrogen-bond donors (Lipinski definition) is 2. The fourth-order valence-electron chi connectivity index (χ4n) is 0.973. The molecule has 0 fully saturated rings. The first-order valence-electron chi connectivity index (χ1n) is 4.40. The Hall–Kier alpha value is -0.410. The van der Waals surface area contributed by atoms with Gasteiger partial charge in [-0.15, -0.1) is 0 Å². The van der Waals surface area contributed by atoms with Crippen LogP contribution in [0.4, 0.5) is 0 Å². The van der Waals surface area contributed by atoms with Crippen LogP contribution < -0.4 is 11.5 Å². The van der Waals surface area contributed by atoms with E-state index in [2.05, 4.69) is 0 Å². The summed E-state index contributed by atoms with van der Waals surface area (Å²) in [6.45, 7) is 7.25. The smallest absolute Gasteiger partial charge is 0.171 e. The summed E-state index contributed by atoms with van der Waals surface area (Å²) in [5.41, 5.74) is 10.0. The summed E-state index contributed by atoms with van der Waals surface area (Å²) in [5.74, 6) is -0.0556. The molecule has 0 bridgehead atoms.